The van der Waals surface area contributed by atoms with Gasteiger partial charge in [-0.3, -0.25) is 4.79 Å². The van der Waals surface area contributed by atoms with Crippen LogP contribution in [0.1, 0.15) is 85.0 Å². The van der Waals surface area contributed by atoms with Gasteiger partial charge in [0.05, 0.1) is 12.2 Å². The second kappa shape index (κ2) is 7.27. The van der Waals surface area contributed by atoms with E-state index in [0.717, 1.165) is 32.1 Å². The molecule has 10 atom stereocenters. The van der Waals surface area contributed by atoms with Crippen molar-refractivity contribution in [2.45, 2.75) is 97.2 Å². The molecule has 0 aromatic heterocycles. The predicted octanol–water partition coefficient (Wildman–Crippen LogP) is 4.48. The van der Waals surface area contributed by atoms with Crippen molar-refractivity contribution in [3.8, 4) is 0 Å². The number of hydrogen-bond acceptors (Lipinski definition) is 3. The maximum absolute atomic E-state index is 11.2. The van der Waals surface area contributed by atoms with E-state index >= 15 is 0 Å². The zero-order valence-electron chi connectivity index (χ0n) is 17.9. The molecule has 3 N–H and O–H groups in total. The average Bonchev–Trinajstić information content (AvgIpc) is 2.98. The summed E-state index contributed by atoms with van der Waals surface area (Å²) < 4.78 is 0. The molecule has 28 heavy (non-hydrogen) atoms. The van der Waals surface area contributed by atoms with Crippen LogP contribution >= 0.6 is 0 Å². The van der Waals surface area contributed by atoms with Crippen LogP contribution in [0.2, 0.25) is 0 Å². The van der Waals surface area contributed by atoms with Gasteiger partial charge in [0.25, 0.3) is 0 Å². The Morgan fingerprint density at radius 3 is 2.39 bits per heavy atom. The fraction of sp³-hybridized carbons (Fsp3) is 0.958. The van der Waals surface area contributed by atoms with Crippen LogP contribution in [0.25, 0.3) is 0 Å². The molecule has 0 radical (unpaired) electrons. The number of carbonyl (C=O) groups is 1. The molecule has 4 rings (SSSR count). The molecular formula is C24H40O4. The summed E-state index contributed by atoms with van der Waals surface area (Å²) in [4.78, 5) is 11.1. The number of rotatable bonds is 4. The van der Waals surface area contributed by atoms with Gasteiger partial charge in [-0.2, -0.15) is 0 Å². The highest BCUT2D eigenvalue weighted by atomic mass is 16.4. The molecule has 160 valence electrons. The highest BCUT2D eigenvalue weighted by Gasteiger charge is 2.62. The maximum atomic E-state index is 11.2. The monoisotopic (exact) mass is 392 g/mol. The minimum Gasteiger partial charge on any atom is -0.481 e. The summed E-state index contributed by atoms with van der Waals surface area (Å²) in [7, 11) is 0. The SMILES string of the molecule is C[C@H](CCC(=O)O)[C@@H]1CC[C@H]2[C@@H]3[C@@H](O)C[C@H]4C[C@@H](O)CC[C@]4(C)[C@H]3CC[C@@]21C. The first-order valence-corrected chi connectivity index (χ1v) is 11.7. The second-order valence-electron chi connectivity index (χ2n) is 11.4. The Hall–Kier alpha value is -0.610. The first-order valence-electron chi connectivity index (χ1n) is 11.7. The minimum absolute atomic E-state index is 0.179. The van der Waals surface area contributed by atoms with Gasteiger partial charge in [-0.1, -0.05) is 20.8 Å². The minimum atomic E-state index is -0.684. The van der Waals surface area contributed by atoms with Crippen molar-refractivity contribution >= 4 is 5.97 Å². The van der Waals surface area contributed by atoms with Gasteiger partial charge in [0.2, 0.25) is 0 Å². The van der Waals surface area contributed by atoms with Gasteiger partial charge in [-0.25, -0.2) is 0 Å². The summed E-state index contributed by atoms with van der Waals surface area (Å²) in [6.45, 7) is 7.16. The van der Waals surface area contributed by atoms with E-state index in [9.17, 15) is 15.0 Å². The number of carboxylic acids is 1. The van der Waals surface area contributed by atoms with Crippen LogP contribution in [-0.2, 0) is 4.79 Å². The predicted molar refractivity (Wildman–Crippen MR) is 109 cm³/mol. The Kier molecular flexibility index (Phi) is 5.36. The van der Waals surface area contributed by atoms with Gasteiger partial charge in [0, 0.05) is 6.42 Å². The van der Waals surface area contributed by atoms with Gasteiger partial charge >= 0.3 is 5.97 Å². The highest BCUT2D eigenvalue weighted by Crippen LogP contribution is 2.68. The first kappa shape index (κ1) is 20.7. The molecule has 4 heteroatoms. The molecule has 0 bridgehead atoms. The van der Waals surface area contributed by atoms with Crippen LogP contribution in [-0.4, -0.2) is 33.5 Å². The maximum Gasteiger partial charge on any atom is 0.303 e. The molecule has 0 amide bonds. The molecule has 0 aliphatic heterocycles. The van der Waals surface area contributed by atoms with Crippen molar-refractivity contribution in [2.75, 3.05) is 0 Å². The Morgan fingerprint density at radius 2 is 1.68 bits per heavy atom. The van der Waals surface area contributed by atoms with E-state index in [1.807, 2.05) is 0 Å². The molecular weight excluding hydrogens is 352 g/mol. The van der Waals surface area contributed by atoms with Crippen molar-refractivity contribution in [2.24, 2.45) is 46.3 Å². The Morgan fingerprint density at radius 1 is 1.00 bits per heavy atom. The molecule has 4 nitrogen and oxygen atoms in total. The van der Waals surface area contributed by atoms with Crippen LogP contribution in [0.4, 0.5) is 0 Å². The lowest BCUT2D eigenvalue weighted by Gasteiger charge is -2.62. The zero-order chi connectivity index (χ0) is 20.3. The van der Waals surface area contributed by atoms with Crippen molar-refractivity contribution in [1.82, 2.24) is 0 Å². The smallest absolute Gasteiger partial charge is 0.303 e. The average molecular weight is 393 g/mol. The number of aliphatic hydroxyl groups excluding tert-OH is 2. The van der Waals surface area contributed by atoms with Gasteiger partial charge in [0.1, 0.15) is 0 Å². The van der Waals surface area contributed by atoms with E-state index in [1.54, 1.807) is 0 Å². The van der Waals surface area contributed by atoms with Crippen LogP contribution in [0.3, 0.4) is 0 Å². The van der Waals surface area contributed by atoms with E-state index in [1.165, 1.54) is 25.7 Å². The molecule has 4 aliphatic carbocycles. The number of carboxylic acid groups (broad SMARTS) is 1. The molecule has 0 unspecified atom stereocenters. The Balaban J connectivity index is 1.55. The molecule has 0 spiro atoms. The third-order valence-corrected chi connectivity index (χ3v) is 10.2. The number of hydrogen-bond donors (Lipinski definition) is 3. The Labute approximate surface area is 170 Å². The standard InChI is InChI=1S/C24H40O4/c1-14(4-7-21(27)28)17-5-6-18-22-19(9-11-24(17,18)3)23(2)10-8-16(25)12-15(23)13-20(22)26/h14-20,22,25-26H,4-13H2,1-3H3,(H,27,28)/t14-,15-,16+,17+,18+,19+,20+,22+,23+,24-/m1/s1. The summed E-state index contributed by atoms with van der Waals surface area (Å²) in [5, 5.41) is 30.5. The second-order valence-corrected chi connectivity index (χ2v) is 11.4. The third kappa shape index (κ3) is 3.14. The van der Waals surface area contributed by atoms with E-state index in [2.05, 4.69) is 20.8 Å². The summed E-state index contributed by atoms with van der Waals surface area (Å²) >= 11 is 0. The van der Waals surface area contributed by atoms with Gasteiger partial charge in [-0.15, -0.1) is 0 Å². The number of aliphatic hydroxyl groups is 2. The molecule has 4 fully saturated rings. The van der Waals surface area contributed by atoms with E-state index < -0.39 is 5.97 Å². The molecule has 0 saturated heterocycles. The van der Waals surface area contributed by atoms with Crippen molar-refractivity contribution < 1.29 is 20.1 Å². The van der Waals surface area contributed by atoms with Gasteiger partial charge in [0.15, 0.2) is 0 Å². The van der Waals surface area contributed by atoms with Gasteiger partial charge < -0.3 is 15.3 Å². The third-order valence-electron chi connectivity index (χ3n) is 10.2. The lowest BCUT2D eigenvalue weighted by atomic mass is 9.43. The van der Waals surface area contributed by atoms with Crippen LogP contribution in [0.5, 0.6) is 0 Å². The van der Waals surface area contributed by atoms with Crippen LogP contribution < -0.4 is 0 Å². The normalized spacial score (nSPS) is 51.7. The summed E-state index contributed by atoms with van der Waals surface area (Å²) in [5.41, 5.74) is 0.523. The summed E-state index contributed by atoms with van der Waals surface area (Å²) in [6, 6.07) is 0. The lowest BCUT2D eigenvalue weighted by Crippen LogP contribution is -2.58. The molecule has 0 aromatic carbocycles. The molecule has 0 heterocycles. The van der Waals surface area contributed by atoms with E-state index in [0.29, 0.717) is 35.5 Å². The molecule has 4 aliphatic rings. The van der Waals surface area contributed by atoms with E-state index in [-0.39, 0.29) is 29.5 Å². The highest BCUT2D eigenvalue weighted by molar-refractivity contribution is 5.66. The Bertz CT molecular complexity index is 605. The molecule has 4 saturated carbocycles. The fourth-order valence-electron chi connectivity index (χ4n) is 8.73. The quantitative estimate of drug-likeness (QED) is 0.659. The number of aliphatic carboxylic acids is 1. The fourth-order valence-corrected chi connectivity index (χ4v) is 8.73. The lowest BCUT2D eigenvalue weighted by molar-refractivity contribution is -0.174. The zero-order valence-corrected chi connectivity index (χ0v) is 17.9. The first-order chi connectivity index (χ1) is 13.2. The van der Waals surface area contributed by atoms with E-state index in [4.69, 9.17) is 5.11 Å². The van der Waals surface area contributed by atoms with Crippen LogP contribution in [0.15, 0.2) is 0 Å². The largest absolute Gasteiger partial charge is 0.481 e. The summed E-state index contributed by atoms with van der Waals surface area (Å²) in [6.07, 6.45) is 9.19. The van der Waals surface area contributed by atoms with Crippen molar-refractivity contribution in [1.29, 1.82) is 0 Å². The summed E-state index contributed by atoms with van der Waals surface area (Å²) in [5.74, 6) is 2.36. The van der Waals surface area contributed by atoms with Crippen molar-refractivity contribution in [3.05, 3.63) is 0 Å². The molecule has 0 aromatic rings. The van der Waals surface area contributed by atoms with Gasteiger partial charge in [-0.05, 0) is 104 Å². The van der Waals surface area contributed by atoms with Crippen LogP contribution in [0, 0.1) is 46.3 Å². The van der Waals surface area contributed by atoms with Crippen molar-refractivity contribution in [3.63, 3.8) is 0 Å². The number of fused-ring (bicyclic) bond motifs is 5. The topological polar surface area (TPSA) is 77.8 Å².